The lowest BCUT2D eigenvalue weighted by Crippen LogP contribution is -2.49. The average Bonchev–Trinajstić information content (AvgIpc) is 2.24. The van der Waals surface area contributed by atoms with Gasteiger partial charge < -0.3 is 15.3 Å². The number of aliphatic hydroxyl groups excluding tert-OH is 1. The molecule has 2 N–H and O–H groups in total. The summed E-state index contributed by atoms with van der Waals surface area (Å²) >= 11 is 0. The van der Waals surface area contributed by atoms with Crippen molar-refractivity contribution >= 4 is 0 Å². The van der Waals surface area contributed by atoms with Crippen molar-refractivity contribution in [1.82, 2.24) is 10.2 Å². The number of nitrogens with zero attached hydrogens (tertiary/aromatic N) is 1. The molecule has 0 amide bonds. The van der Waals surface area contributed by atoms with Crippen LogP contribution in [0.15, 0.2) is 0 Å². The Morgan fingerprint density at radius 2 is 2.00 bits per heavy atom. The van der Waals surface area contributed by atoms with Crippen LogP contribution in [-0.4, -0.2) is 48.8 Å². The molecule has 108 valence electrons. The van der Waals surface area contributed by atoms with Crippen LogP contribution < -0.4 is 5.32 Å². The Morgan fingerprint density at radius 3 is 2.56 bits per heavy atom. The molecule has 3 unspecified atom stereocenters. The maximum atomic E-state index is 9.80. The van der Waals surface area contributed by atoms with Crippen molar-refractivity contribution in [2.45, 2.75) is 59.1 Å². The van der Waals surface area contributed by atoms with E-state index in [-0.39, 0.29) is 6.10 Å². The number of nitrogens with one attached hydrogen (secondary N) is 1. The molecule has 0 spiro atoms. The summed E-state index contributed by atoms with van der Waals surface area (Å²) in [5.41, 5.74) is 0.342. The summed E-state index contributed by atoms with van der Waals surface area (Å²) in [6.45, 7) is 12.2. The summed E-state index contributed by atoms with van der Waals surface area (Å²) in [5, 5.41) is 13.5. The molecule has 1 aliphatic rings. The van der Waals surface area contributed by atoms with Crippen LogP contribution in [0.1, 0.15) is 47.0 Å². The van der Waals surface area contributed by atoms with Gasteiger partial charge in [-0.15, -0.1) is 0 Å². The lowest BCUT2D eigenvalue weighted by molar-refractivity contribution is 0.0926. The maximum Gasteiger partial charge on any atom is 0.0540 e. The van der Waals surface area contributed by atoms with Crippen molar-refractivity contribution in [3.05, 3.63) is 0 Å². The highest BCUT2D eigenvalue weighted by Gasteiger charge is 2.27. The van der Waals surface area contributed by atoms with Gasteiger partial charge in [0.2, 0.25) is 0 Å². The standard InChI is InChI=1S/C15H32N2O/c1-6-14(18)8-12-7-13(10-17(5)9-12)16-11-15(2,3)4/h12-14,16,18H,6-11H2,1-5H3. The molecular formula is C15H32N2O. The lowest BCUT2D eigenvalue weighted by Gasteiger charge is -2.38. The first-order valence-corrected chi connectivity index (χ1v) is 7.40. The Hall–Kier alpha value is -0.120. The van der Waals surface area contributed by atoms with Crippen molar-refractivity contribution in [1.29, 1.82) is 0 Å². The third kappa shape index (κ3) is 6.17. The first-order valence-electron chi connectivity index (χ1n) is 7.40. The fourth-order valence-electron chi connectivity index (χ4n) is 2.76. The smallest absolute Gasteiger partial charge is 0.0540 e. The molecule has 0 radical (unpaired) electrons. The molecule has 1 rings (SSSR count). The fourth-order valence-corrected chi connectivity index (χ4v) is 2.76. The third-order valence-electron chi connectivity index (χ3n) is 3.72. The van der Waals surface area contributed by atoms with Gasteiger partial charge in [-0.05, 0) is 37.6 Å². The first kappa shape index (κ1) is 15.9. The Bertz CT molecular complexity index is 237. The minimum absolute atomic E-state index is 0.121. The van der Waals surface area contributed by atoms with E-state index in [9.17, 15) is 5.11 Å². The van der Waals surface area contributed by atoms with Crippen LogP contribution in [0.5, 0.6) is 0 Å². The zero-order valence-corrected chi connectivity index (χ0v) is 12.9. The summed E-state index contributed by atoms with van der Waals surface area (Å²) in [5.74, 6) is 0.635. The van der Waals surface area contributed by atoms with Crippen LogP contribution in [0.4, 0.5) is 0 Å². The number of hydrogen-bond donors (Lipinski definition) is 2. The number of rotatable bonds is 5. The molecule has 0 bridgehead atoms. The molecule has 1 fully saturated rings. The molecule has 1 aliphatic heterocycles. The van der Waals surface area contributed by atoms with Gasteiger partial charge in [0.05, 0.1) is 6.10 Å². The second-order valence-corrected chi connectivity index (χ2v) is 7.26. The van der Waals surface area contributed by atoms with Crippen molar-refractivity contribution < 1.29 is 5.11 Å². The molecule has 1 heterocycles. The summed E-state index contributed by atoms with van der Waals surface area (Å²) in [4.78, 5) is 2.40. The van der Waals surface area contributed by atoms with Crippen LogP contribution >= 0.6 is 0 Å². The summed E-state index contributed by atoms with van der Waals surface area (Å²) in [6.07, 6.45) is 2.91. The van der Waals surface area contributed by atoms with Crippen LogP contribution in [-0.2, 0) is 0 Å². The Balaban J connectivity index is 2.40. The van der Waals surface area contributed by atoms with Crippen LogP contribution in [0, 0.1) is 11.3 Å². The minimum Gasteiger partial charge on any atom is -0.393 e. The number of piperidine rings is 1. The zero-order valence-electron chi connectivity index (χ0n) is 12.9. The molecule has 3 heteroatoms. The molecule has 0 aromatic carbocycles. The second-order valence-electron chi connectivity index (χ2n) is 7.26. The highest BCUT2D eigenvalue weighted by molar-refractivity contribution is 4.84. The molecule has 0 aliphatic carbocycles. The predicted molar refractivity (Wildman–Crippen MR) is 77.8 cm³/mol. The van der Waals surface area contributed by atoms with Crippen molar-refractivity contribution in [2.24, 2.45) is 11.3 Å². The van der Waals surface area contributed by atoms with E-state index >= 15 is 0 Å². The summed E-state index contributed by atoms with van der Waals surface area (Å²) in [6, 6.07) is 0.581. The van der Waals surface area contributed by atoms with Gasteiger partial charge >= 0.3 is 0 Å². The van der Waals surface area contributed by atoms with Gasteiger partial charge in [-0.3, -0.25) is 0 Å². The molecule has 0 aromatic rings. The molecule has 18 heavy (non-hydrogen) atoms. The van der Waals surface area contributed by atoms with Crippen molar-refractivity contribution in [3.63, 3.8) is 0 Å². The van der Waals surface area contributed by atoms with Crippen molar-refractivity contribution in [2.75, 3.05) is 26.7 Å². The molecule has 1 saturated heterocycles. The number of likely N-dealkylation sites (N-methyl/N-ethyl adjacent to an activating group) is 1. The van der Waals surface area contributed by atoms with E-state index in [1.54, 1.807) is 0 Å². The number of likely N-dealkylation sites (tertiary alicyclic amines) is 1. The van der Waals surface area contributed by atoms with Crippen molar-refractivity contribution in [3.8, 4) is 0 Å². The SMILES string of the molecule is CCC(O)CC1CC(NCC(C)(C)C)CN(C)C1. The average molecular weight is 256 g/mol. The normalized spacial score (nSPS) is 28.3. The molecule has 0 aromatic heterocycles. The molecule has 0 saturated carbocycles. The van der Waals surface area contributed by atoms with Crippen LogP contribution in [0.25, 0.3) is 0 Å². The van der Waals surface area contributed by atoms with E-state index in [1.165, 1.54) is 6.42 Å². The predicted octanol–water partition coefficient (Wildman–Crippen LogP) is 2.10. The van der Waals surface area contributed by atoms with Gasteiger partial charge in [-0.1, -0.05) is 27.7 Å². The summed E-state index contributed by atoms with van der Waals surface area (Å²) < 4.78 is 0. The van der Waals surface area contributed by atoms with Gasteiger partial charge in [-0.2, -0.15) is 0 Å². The van der Waals surface area contributed by atoms with E-state index in [0.717, 1.165) is 32.5 Å². The Morgan fingerprint density at radius 1 is 1.33 bits per heavy atom. The van der Waals surface area contributed by atoms with E-state index in [4.69, 9.17) is 0 Å². The van der Waals surface area contributed by atoms with Gasteiger partial charge in [0.15, 0.2) is 0 Å². The van der Waals surface area contributed by atoms with Gasteiger partial charge in [0.1, 0.15) is 0 Å². The van der Waals surface area contributed by atoms with Gasteiger partial charge in [-0.25, -0.2) is 0 Å². The molecule has 3 nitrogen and oxygen atoms in total. The van der Waals surface area contributed by atoms with E-state index < -0.39 is 0 Å². The van der Waals surface area contributed by atoms with E-state index in [1.807, 2.05) is 0 Å². The van der Waals surface area contributed by atoms with Crippen LogP contribution in [0.3, 0.4) is 0 Å². The maximum absolute atomic E-state index is 9.80. The number of hydrogen-bond acceptors (Lipinski definition) is 3. The van der Waals surface area contributed by atoms with E-state index in [0.29, 0.717) is 17.4 Å². The van der Waals surface area contributed by atoms with Gasteiger partial charge in [0, 0.05) is 25.7 Å². The Kier molecular flexibility index (Phi) is 6.09. The largest absolute Gasteiger partial charge is 0.393 e. The Labute approximate surface area is 113 Å². The topological polar surface area (TPSA) is 35.5 Å². The zero-order chi connectivity index (χ0) is 13.8. The molecular weight excluding hydrogens is 224 g/mol. The monoisotopic (exact) mass is 256 g/mol. The second kappa shape index (κ2) is 6.88. The highest BCUT2D eigenvalue weighted by atomic mass is 16.3. The molecule has 3 atom stereocenters. The minimum atomic E-state index is -0.121. The quantitative estimate of drug-likeness (QED) is 0.791. The number of aliphatic hydroxyl groups is 1. The lowest BCUT2D eigenvalue weighted by atomic mass is 9.88. The third-order valence-corrected chi connectivity index (χ3v) is 3.72. The highest BCUT2D eigenvalue weighted by Crippen LogP contribution is 2.22. The van der Waals surface area contributed by atoms with Crippen LogP contribution in [0.2, 0.25) is 0 Å². The van der Waals surface area contributed by atoms with Gasteiger partial charge in [0.25, 0.3) is 0 Å². The van der Waals surface area contributed by atoms with E-state index in [2.05, 4.69) is 45.0 Å². The summed E-state index contributed by atoms with van der Waals surface area (Å²) in [7, 11) is 2.19. The fraction of sp³-hybridized carbons (Fsp3) is 1.00. The first-order chi connectivity index (χ1) is 8.30.